The first kappa shape index (κ1) is 15.2. The van der Waals surface area contributed by atoms with Crippen LogP contribution >= 0.6 is 0 Å². The summed E-state index contributed by atoms with van der Waals surface area (Å²) in [6.07, 6.45) is 1.31. The summed E-state index contributed by atoms with van der Waals surface area (Å²) < 4.78 is 15.5. The summed E-state index contributed by atoms with van der Waals surface area (Å²) in [6.45, 7) is 3.51. The maximum absolute atomic E-state index is 12.2. The van der Waals surface area contributed by atoms with Gasteiger partial charge in [-0.3, -0.25) is 4.79 Å². The summed E-state index contributed by atoms with van der Waals surface area (Å²) in [6, 6.07) is 8.27. The van der Waals surface area contributed by atoms with E-state index in [9.17, 15) is 9.59 Å². The average Bonchev–Trinajstić information content (AvgIpc) is 2.79. The van der Waals surface area contributed by atoms with Crippen LogP contribution in [-0.2, 0) is 30.4 Å². The van der Waals surface area contributed by atoms with Gasteiger partial charge in [0.15, 0.2) is 0 Å². The van der Waals surface area contributed by atoms with E-state index in [2.05, 4.69) is 6.58 Å². The van der Waals surface area contributed by atoms with Crippen molar-refractivity contribution in [2.75, 3.05) is 6.61 Å². The van der Waals surface area contributed by atoms with E-state index in [1.165, 1.54) is 6.08 Å². The number of benzene rings is 1. The van der Waals surface area contributed by atoms with Gasteiger partial charge in [-0.2, -0.15) is 0 Å². The van der Waals surface area contributed by atoms with E-state index in [0.717, 1.165) is 5.56 Å². The van der Waals surface area contributed by atoms with Crippen LogP contribution in [0.15, 0.2) is 43.0 Å². The van der Waals surface area contributed by atoms with Crippen molar-refractivity contribution in [3.8, 4) is 0 Å². The minimum atomic E-state index is -1.89. The van der Waals surface area contributed by atoms with Gasteiger partial charge in [0.1, 0.15) is 6.61 Å². The zero-order chi connectivity index (χ0) is 15.3. The monoisotopic (exact) mass is 291 g/mol. The molecule has 112 valence electrons. The van der Waals surface area contributed by atoms with E-state index in [1.807, 2.05) is 30.3 Å². The molecule has 0 aromatic heterocycles. The van der Waals surface area contributed by atoms with E-state index in [-0.39, 0.29) is 19.6 Å². The highest BCUT2D eigenvalue weighted by molar-refractivity contribution is 5.87. The van der Waals surface area contributed by atoms with Crippen molar-refractivity contribution in [3.05, 3.63) is 48.6 Å². The summed E-state index contributed by atoms with van der Waals surface area (Å²) >= 11 is 0. The van der Waals surface area contributed by atoms with Crippen molar-refractivity contribution in [1.29, 1.82) is 0 Å². The zero-order valence-corrected chi connectivity index (χ0v) is 11.5. The Balaban J connectivity index is 2.14. The fourth-order valence-electron chi connectivity index (χ4n) is 1.99. The first-order valence-corrected chi connectivity index (χ1v) is 6.52. The molecule has 0 radical (unpaired) electrons. The summed E-state index contributed by atoms with van der Waals surface area (Å²) in [7, 11) is 0. The lowest BCUT2D eigenvalue weighted by Gasteiger charge is -2.28. The molecule has 2 unspecified atom stereocenters. The third kappa shape index (κ3) is 3.29. The van der Waals surface area contributed by atoms with Crippen molar-refractivity contribution in [3.63, 3.8) is 0 Å². The molecule has 0 aliphatic carbocycles. The van der Waals surface area contributed by atoms with Crippen LogP contribution in [0.3, 0.4) is 0 Å². The number of cyclic esters (lactones) is 1. The lowest BCUT2D eigenvalue weighted by molar-refractivity contribution is -0.236. The first-order chi connectivity index (χ1) is 10.1. The highest BCUT2D eigenvalue weighted by Crippen LogP contribution is 2.30. The minimum Gasteiger partial charge on any atom is -0.457 e. The number of rotatable bonds is 6. The van der Waals surface area contributed by atoms with Crippen LogP contribution in [0.25, 0.3) is 0 Å². The van der Waals surface area contributed by atoms with Crippen LogP contribution in [0.2, 0.25) is 0 Å². The molecule has 1 fully saturated rings. The van der Waals surface area contributed by atoms with Gasteiger partial charge in [-0.1, -0.05) is 43.0 Å². The Kier molecular flexibility index (Phi) is 4.72. The highest BCUT2D eigenvalue weighted by Gasteiger charge is 2.56. The molecule has 2 N–H and O–H groups in total. The van der Waals surface area contributed by atoms with Crippen molar-refractivity contribution in [1.82, 2.24) is 0 Å². The van der Waals surface area contributed by atoms with Crippen LogP contribution in [-0.4, -0.2) is 30.4 Å². The molecular weight excluding hydrogens is 274 g/mol. The van der Waals surface area contributed by atoms with Gasteiger partial charge < -0.3 is 19.9 Å². The molecule has 0 saturated carbocycles. The van der Waals surface area contributed by atoms with Crippen LogP contribution in [0, 0.1) is 0 Å². The average molecular weight is 291 g/mol. The molecule has 1 aromatic rings. The molecule has 0 bridgehead atoms. The Hall–Kier alpha value is -2.18. The van der Waals surface area contributed by atoms with E-state index in [1.54, 1.807) is 0 Å². The number of esters is 2. The Morgan fingerprint density at radius 3 is 2.76 bits per heavy atom. The highest BCUT2D eigenvalue weighted by atomic mass is 16.7. The molecule has 2 atom stereocenters. The predicted octanol–water partition coefficient (Wildman–Crippen LogP) is 0.903. The Morgan fingerprint density at radius 2 is 2.19 bits per heavy atom. The Bertz CT molecular complexity index is 530. The lowest BCUT2D eigenvalue weighted by Crippen LogP contribution is -2.54. The topological polar surface area (TPSA) is 87.9 Å². The molecule has 1 aromatic carbocycles. The number of hydrogen-bond acceptors (Lipinski definition) is 6. The Labute approximate surface area is 122 Å². The van der Waals surface area contributed by atoms with E-state index in [4.69, 9.17) is 19.9 Å². The summed E-state index contributed by atoms with van der Waals surface area (Å²) in [5.41, 5.74) is 6.67. The fourth-order valence-corrected chi connectivity index (χ4v) is 1.99. The standard InChI is InChI=1S/C15H17NO5/c1-2-8-19-14(18)15(12(16)9-13(17)21-15)20-10-11-6-4-3-5-7-11/h2-7,12H,1,8-10,16H2. The number of nitrogens with two attached hydrogens (primary N) is 1. The summed E-state index contributed by atoms with van der Waals surface area (Å²) in [4.78, 5) is 23.6. The van der Waals surface area contributed by atoms with Crippen molar-refractivity contribution in [2.24, 2.45) is 5.73 Å². The normalized spacial score (nSPS) is 24.4. The molecule has 2 rings (SSSR count). The van der Waals surface area contributed by atoms with Crippen LogP contribution in [0.5, 0.6) is 0 Å². The summed E-state index contributed by atoms with van der Waals surface area (Å²) in [5.74, 6) is -3.31. The number of carbonyl (C=O) groups excluding carboxylic acids is 2. The van der Waals surface area contributed by atoms with Gasteiger partial charge in [-0.25, -0.2) is 4.79 Å². The van der Waals surface area contributed by atoms with Crippen LogP contribution < -0.4 is 5.73 Å². The van der Waals surface area contributed by atoms with Gasteiger partial charge in [0.05, 0.1) is 19.1 Å². The smallest absolute Gasteiger partial charge is 0.381 e. The van der Waals surface area contributed by atoms with Crippen molar-refractivity contribution < 1.29 is 23.8 Å². The predicted molar refractivity (Wildman–Crippen MR) is 73.8 cm³/mol. The third-order valence-corrected chi connectivity index (χ3v) is 3.05. The zero-order valence-electron chi connectivity index (χ0n) is 11.5. The largest absolute Gasteiger partial charge is 0.457 e. The second-order valence-electron chi connectivity index (χ2n) is 4.61. The lowest BCUT2D eigenvalue weighted by atomic mass is 10.1. The summed E-state index contributed by atoms with van der Waals surface area (Å²) in [5, 5.41) is 0. The van der Waals surface area contributed by atoms with Gasteiger partial charge in [-0.05, 0) is 5.56 Å². The van der Waals surface area contributed by atoms with Gasteiger partial charge >= 0.3 is 17.7 Å². The number of carbonyl (C=O) groups is 2. The molecule has 0 spiro atoms. The SMILES string of the molecule is C=CCOC(=O)C1(OCc2ccccc2)OC(=O)CC1N. The van der Waals surface area contributed by atoms with Crippen molar-refractivity contribution in [2.45, 2.75) is 24.9 Å². The maximum atomic E-state index is 12.2. The van der Waals surface area contributed by atoms with Gasteiger partial charge in [0.25, 0.3) is 0 Å². The molecular formula is C15H17NO5. The quantitative estimate of drug-likeness (QED) is 0.619. The molecule has 21 heavy (non-hydrogen) atoms. The molecule has 0 amide bonds. The van der Waals surface area contributed by atoms with Crippen molar-refractivity contribution >= 4 is 11.9 Å². The number of ether oxygens (including phenoxy) is 3. The van der Waals surface area contributed by atoms with Gasteiger partial charge in [-0.15, -0.1) is 0 Å². The van der Waals surface area contributed by atoms with Gasteiger partial charge in [0.2, 0.25) is 0 Å². The fraction of sp³-hybridized carbons (Fsp3) is 0.333. The molecule has 1 aliphatic heterocycles. The van der Waals surface area contributed by atoms with Crippen LogP contribution in [0.4, 0.5) is 0 Å². The third-order valence-electron chi connectivity index (χ3n) is 3.05. The van der Waals surface area contributed by atoms with E-state index in [0.29, 0.717) is 0 Å². The van der Waals surface area contributed by atoms with E-state index < -0.39 is 23.8 Å². The second kappa shape index (κ2) is 6.51. The number of hydrogen-bond donors (Lipinski definition) is 1. The first-order valence-electron chi connectivity index (χ1n) is 6.52. The molecule has 6 nitrogen and oxygen atoms in total. The molecule has 1 saturated heterocycles. The molecule has 6 heteroatoms. The van der Waals surface area contributed by atoms with E-state index >= 15 is 0 Å². The van der Waals surface area contributed by atoms with Crippen LogP contribution in [0.1, 0.15) is 12.0 Å². The minimum absolute atomic E-state index is 0.0143. The maximum Gasteiger partial charge on any atom is 0.381 e. The van der Waals surface area contributed by atoms with Gasteiger partial charge in [0, 0.05) is 0 Å². The molecule has 1 aliphatic rings. The Morgan fingerprint density at radius 1 is 1.48 bits per heavy atom. The second-order valence-corrected chi connectivity index (χ2v) is 4.61. The molecule has 1 heterocycles.